The highest BCUT2D eigenvalue weighted by molar-refractivity contribution is 7.99. The number of anilines is 1. The van der Waals surface area contributed by atoms with E-state index in [0.29, 0.717) is 6.04 Å². The van der Waals surface area contributed by atoms with E-state index in [4.69, 9.17) is 0 Å². The van der Waals surface area contributed by atoms with Crippen LogP contribution in [0.4, 0.5) is 5.69 Å². The highest BCUT2D eigenvalue weighted by Gasteiger charge is 2.14. The van der Waals surface area contributed by atoms with E-state index in [0.717, 1.165) is 11.4 Å². The highest BCUT2D eigenvalue weighted by atomic mass is 32.2. The number of aryl methyl sites for hydroxylation is 1. The van der Waals surface area contributed by atoms with Gasteiger partial charge in [0.2, 0.25) is 0 Å². The molecule has 13 heavy (non-hydrogen) atoms. The quantitative estimate of drug-likeness (QED) is 0.782. The molecule has 0 aliphatic carbocycles. The maximum atomic E-state index is 4.25. The van der Waals surface area contributed by atoms with Crippen LogP contribution in [0.3, 0.4) is 0 Å². The minimum absolute atomic E-state index is 0.648. The van der Waals surface area contributed by atoms with Gasteiger partial charge in [0.15, 0.2) is 0 Å². The molecule has 2 nitrogen and oxygen atoms in total. The number of pyridine rings is 1. The third-order valence-electron chi connectivity index (χ3n) is 2.21. The van der Waals surface area contributed by atoms with Crippen molar-refractivity contribution < 1.29 is 0 Å². The third kappa shape index (κ3) is 2.37. The van der Waals surface area contributed by atoms with Gasteiger partial charge in [0.25, 0.3) is 0 Å². The fourth-order valence-corrected chi connectivity index (χ4v) is 2.59. The van der Waals surface area contributed by atoms with Gasteiger partial charge < -0.3 is 5.32 Å². The normalized spacial score (nSPS) is 21.8. The molecule has 1 aliphatic rings. The molecule has 0 aromatic carbocycles. The van der Waals surface area contributed by atoms with E-state index in [9.17, 15) is 0 Å². The van der Waals surface area contributed by atoms with E-state index in [1.807, 2.05) is 30.9 Å². The fraction of sp³-hybridized carbons (Fsp3) is 0.500. The summed E-state index contributed by atoms with van der Waals surface area (Å²) in [6.45, 7) is 2.01. The number of nitrogens with one attached hydrogen (secondary N) is 1. The molecule has 1 N–H and O–H groups in total. The number of hydrogen-bond acceptors (Lipinski definition) is 3. The van der Waals surface area contributed by atoms with E-state index in [1.54, 1.807) is 0 Å². The number of nitrogens with zero attached hydrogens (tertiary/aromatic N) is 1. The van der Waals surface area contributed by atoms with Gasteiger partial charge in [-0.3, -0.25) is 4.98 Å². The van der Waals surface area contributed by atoms with Crippen LogP contribution in [-0.4, -0.2) is 22.5 Å². The number of hydrogen-bond donors (Lipinski definition) is 1. The summed E-state index contributed by atoms with van der Waals surface area (Å²) in [5.41, 5.74) is 2.23. The Morgan fingerprint density at radius 1 is 1.54 bits per heavy atom. The lowest BCUT2D eigenvalue weighted by molar-refractivity contribution is 0.812. The first-order valence-electron chi connectivity index (χ1n) is 4.61. The Hall–Kier alpha value is -0.700. The van der Waals surface area contributed by atoms with Crippen LogP contribution in [0.1, 0.15) is 12.1 Å². The molecule has 0 spiro atoms. The molecular weight excluding hydrogens is 180 g/mol. The summed E-state index contributed by atoms with van der Waals surface area (Å²) >= 11 is 2.02. The van der Waals surface area contributed by atoms with Crippen molar-refractivity contribution in [1.29, 1.82) is 0 Å². The molecule has 0 unspecified atom stereocenters. The van der Waals surface area contributed by atoms with Crippen molar-refractivity contribution in [2.45, 2.75) is 19.4 Å². The van der Waals surface area contributed by atoms with Crippen molar-refractivity contribution >= 4 is 17.4 Å². The Labute approximate surface area is 83.1 Å². The maximum absolute atomic E-state index is 4.25. The molecule has 1 aromatic heterocycles. The monoisotopic (exact) mass is 194 g/mol. The first-order chi connectivity index (χ1) is 6.34. The number of rotatable bonds is 2. The van der Waals surface area contributed by atoms with Crippen LogP contribution in [0, 0.1) is 6.92 Å². The molecule has 70 valence electrons. The third-order valence-corrected chi connectivity index (χ3v) is 3.37. The molecule has 0 amide bonds. The molecule has 1 fully saturated rings. The van der Waals surface area contributed by atoms with Crippen LogP contribution >= 0.6 is 11.8 Å². The Kier molecular flexibility index (Phi) is 2.74. The van der Waals surface area contributed by atoms with Gasteiger partial charge in [-0.15, -0.1) is 0 Å². The SMILES string of the molecule is Cc1ccc(N[C@@H]2CCSC2)cn1. The Morgan fingerprint density at radius 2 is 2.46 bits per heavy atom. The highest BCUT2D eigenvalue weighted by Crippen LogP contribution is 2.20. The zero-order valence-corrected chi connectivity index (χ0v) is 8.60. The van der Waals surface area contributed by atoms with Crippen molar-refractivity contribution in [2.75, 3.05) is 16.8 Å². The van der Waals surface area contributed by atoms with Crippen molar-refractivity contribution in [3.63, 3.8) is 0 Å². The summed E-state index contributed by atoms with van der Waals surface area (Å²) in [5, 5.41) is 3.48. The fourth-order valence-electron chi connectivity index (χ4n) is 1.44. The van der Waals surface area contributed by atoms with Gasteiger partial charge in [-0.05, 0) is 31.2 Å². The van der Waals surface area contributed by atoms with E-state index < -0.39 is 0 Å². The second-order valence-corrected chi connectivity index (χ2v) is 4.54. The Bertz CT molecular complexity index is 265. The second-order valence-electron chi connectivity index (χ2n) is 3.39. The smallest absolute Gasteiger partial charge is 0.0529 e. The molecule has 3 heteroatoms. The standard InChI is InChI=1S/C10H14N2S/c1-8-2-3-9(6-11-8)12-10-4-5-13-7-10/h2-3,6,10,12H,4-5,7H2,1H3/t10-/m1/s1. The van der Waals surface area contributed by atoms with Gasteiger partial charge in [0.1, 0.15) is 0 Å². The lowest BCUT2D eigenvalue weighted by Crippen LogP contribution is -2.17. The average Bonchev–Trinajstić information content (AvgIpc) is 2.62. The molecule has 0 bridgehead atoms. The van der Waals surface area contributed by atoms with Crippen LogP contribution in [0.2, 0.25) is 0 Å². The topological polar surface area (TPSA) is 24.9 Å². The molecule has 0 saturated carbocycles. The summed E-state index contributed by atoms with van der Waals surface area (Å²) in [6, 6.07) is 4.80. The van der Waals surface area contributed by atoms with Crippen LogP contribution in [-0.2, 0) is 0 Å². The largest absolute Gasteiger partial charge is 0.380 e. The molecule has 0 radical (unpaired) electrons. The molecule has 1 aromatic rings. The summed E-state index contributed by atoms with van der Waals surface area (Å²) in [5.74, 6) is 2.52. The average molecular weight is 194 g/mol. The first-order valence-corrected chi connectivity index (χ1v) is 5.77. The first kappa shape index (κ1) is 8.88. The second kappa shape index (κ2) is 4.01. The van der Waals surface area contributed by atoms with Crippen molar-refractivity contribution in [1.82, 2.24) is 4.98 Å². The van der Waals surface area contributed by atoms with Gasteiger partial charge in [-0.2, -0.15) is 11.8 Å². The minimum Gasteiger partial charge on any atom is -0.380 e. The lowest BCUT2D eigenvalue weighted by Gasteiger charge is -2.11. The maximum Gasteiger partial charge on any atom is 0.0529 e. The summed E-state index contributed by atoms with van der Waals surface area (Å²) < 4.78 is 0. The van der Waals surface area contributed by atoms with Crippen LogP contribution in [0.15, 0.2) is 18.3 Å². The van der Waals surface area contributed by atoms with Crippen molar-refractivity contribution in [3.05, 3.63) is 24.0 Å². The van der Waals surface area contributed by atoms with E-state index in [1.165, 1.54) is 17.9 Å². The molecular formula is C10H14N2S. The van der Waals surface area contributed by atoms with E-state index in [-0.39, 0.29) is 0 Å². The summed E-state index contributed by atoms with van der Waals surface area (Å²) in [4.78, 5) is 4.25. The minimum atomic E-state index is 0.648. The number of aromatic nitrogens is 1. The molecule has 1 saturated heterocycles. The molecule has 1 aliphatic heterocycles. The lowest BCUT2D eigenvalue weighted by atomic mass is 10.2. The van der Waals surface area contributed by atoms with Crippen LogP contribution in [0.5, 0.6) is 0 Å². The molecule has 1 atom stereocenters. The van der Waals surface area contributed by atoms with Crippen LogP contribution in [0.25, 0.3) is 0 Å². The van der Waals surface area contributed by atoms with E-state index in [2.05, 4.69) is 16.4 Å². The Balaban J connectivity index is 1.97. The van der Waals surface area contributed by atoms with Crippen molar-refractivity contribution in [3.8, 4) is 0 Å². The Morgan fingerprint density at radius 3 is 3.08 bits per heavy atom. The zero-order valence-electron chi connectivity index (χ0n) is 7.79. The van der Waals surface area contributed by atoms with Crippen molar-refractivity contribution in [2.24, 2.45) is 0 Å². The summed E-state index contributed by atoms with van der Waals surface area (Å²) in [7, 11) is 0. The van der Waals surface area contributed by atoms with Gasteiger partial charge in [-0.1, -0.05) is 0 Å². The number of thioether (sulfide) groups is 1. The molecule has 2 heterocycles. The molecule has 2 rings (SSSR count). The van der Waals surface area contributed by atoms with Gasteiger partial charge in [0.05, 0.1) is 11.9 Å². The predicted molar refractivity (Wildman–Crippen MR) is 58.3 cm³/mol. The van der Waals surface area contributed by atoms with Crippen LogP contribution < -0.4 is 5.32 Å². The summed E-state index contributed by atoms with van der Waals surface area (Å²) in [6.07, 6.45) is 3.19. The van der Waals surface area contributed by atoms with E-state index >= 15 is 0 Å². The van der Waals surface area contributed by atoms with Gasteiger partial charge >= 0.3 is 0 Å². The predicted octanol–water partition coefficient (Wildman–Crippen LogP) is 2.31. The van der Waals surface area contributed by atoms with Gasteiger partial charge in [0, 0.05) is 17.5 Å². The van der Waals surface area contributed by atoms with Gasteiger partial charge in [-0.25, -0.2) is 0 Å². The zero-order chi connectivity index (χ0) is 9.10.